The molecule has 0 aliphatic rings. The average molecular weight is 393 g/mol. The average Bonchev–Trinajstić information content (AvgIpc) is 2.57. The molecule has 0 aliphatic heterocycles. The van der Waals surface area contributed by atoms with Gasteiger partial charge in [0.1, 0.15) is 10.6 Å². The number of hydrogen-bond donors (Lipinski definition) is 2. The van der Waals surface area contributed by atoms with Gasteiger partial charge in [-0.1, -0.05) is 36.4 Å². The van der Waals surface area contributed by atoms with Gasteiger partial charge in [0.15, 0.2) is 6.10 Å². The maximum absolute atomic E-state index is 12.4. The number of rotatable bonds is 7. The standard InChI is InChI=1S/C17H17BrN2O4/c1-24-14(11-6-3-2-4-7-11)16(21)20-13(17(22)23)10-12-8-5-9-19-15(12)18/h2-9,13-14H,10H2,1H3,(H,20,21)(H,22,23)/t13-,14+/m0/s1. The first-order valence-electron chi connectivity index (χ1n) is 7.23. The minimum absolute atomic E-state index is 0.112. The number of nitrogens with one attached hydrogen (secondary N) is 1. The predicted octanol–water partition coefficient (Wildman–Crippen LogP) is 2.34. The molecule has 6 nitrogen and oxygen atoms in total. The number of pyridine rings is 1. The molecule has 0 aliphatic carbocycles. The summed E-state index contributed by atoms with van der Waals surface area (Å²) in [6.07, 6.45) is 0.837. The Balaban J connectivity index is 2.13. The molecule has 24 heavy (non-hydrogen) atoms. The van der Waals surface area contributed by atoms with Crippen LogP contribution in [0.4, 0.5) is 0 Å². The van der Waals surface area contributed by atoms with Crippen LogP contribution in [0.25, 0.3) is 0 Å². The molecule has 2 atom stereocenters. The van der Waals surface area contributed by atoms with E-state index in [4.69, 9.17) is 4.74 Å². The quantitative estimate of drug-likeness (QED) is 0.705. The van der Waals surface area contributed by atoms with Gasteiger partial charge in [0, 0.05) is 19.7 Å². The summed E-state index contributed by atoms with van der Waals surface area (Å²) >= 11 is 3.28. The van der Waals surface area contributed by atoms with Crippen molar-refractivity contribution >= 4 is 27.8 Å². The van der Waals surface area contributed by atoms with Crippen LogP contribution in [0.15, 0.2) is 53.3 Å². The highest BCUT2D eigenvalue weighted by atomic mass is 79.9. The van der Waals surface area contributed by atoms with Crippen molar-refractivity contribution < 1.29 is 19.4 Å². The number of methoxy groups -OCH3 is 1. The van der Waals surface area contributed by atoms with Gasteiger partial charge in [-0.15, -0.1) is 0 Å². The summed E-state index contributed by atoms with van der Waals surface area (Å²) in [4.78, 5) is 28.0. The molecule has 0 saturated heterocycles. The summed E-state index contributed by atoms with van der Waals surface area (Å²) in [5.74, 6) is -1.63. The molecular weight excluding hydrogens is 376 g/mol. The molecule has 2 rings (SSSR count). The lowest BCUT2D eigenvalue weighted by Crippen LogP contribution is -2.44. The molecule has 1 heterocycles. The van der Waals surface area contributed by atoms with Crippen molar-refractivity contribution in [3.63, 3.8) is 0 Å². The van der Waals surface area contributed by atoms with E-state index in [0.29, 0.717) is 15.7 Å². The molecule has 0 bridgehead atoms. The number of halogens is 1. The Morgan fingerprint density at radius 2 is 1.96 bits per heavy atom. The zero-order valence-electron chi connectivity index (χ0n) is 13.0. The van der Waals surface area contributed by atoms with Crippen LogP contribution in [0.2, 0.25) is 0 Å². The second kappa shape index (κ2) is 8.56. The molecular formula is C17H17BrN2O4. The molecule has 2 N–H and O–H groups in total. The zero-order chi connectivity index (χ0) is 17.5. The largest absolute Gasteiger partial charge is 0.480 e. The Hall–Kier alpha value is -2.25. The van der Waals surface area contributed by atoms with Crippen LogP contribution < -0.4 is 5.32 Å². The number of carbonyl (C=O) groups excluding carboxylic acids is 1. The Morgan fingerprint density at radius 1 is 1.25 bits per heavy atom. The number of benzene rings is 1. The van der Waals surface area contributed by atoms with Gasteiger partial charge >= 0.3 is 5.97 Å². The summed E-state index contributed by atoms with van der Waals surface area (Å²) in [6, 6.07) is 11.3. The van der Waals surface area contributed by atoms with Gasteiger partial charge in [-0.2, -0.15) is 0 Å². The summed E-state index contributed by atoms with van der Waals surface area (Å²) in [7, 11) is 1.41. The molecule has 0 unspecified atom stereocenters. The van der Waals surface area contributed by atoms with Gasteiger partial charge in [0.2, 0.25) is 0 Å². The molecule has 1 amide bonds. The lowest BCUT2D eigenvalue weighted by Gasteiger charge is -2.20. The van der Waals surface area contributed by atoms with Gasteiger partial charge in [-0.05, 0) is 33.1 Å². The zero-order valence-corrected chi connectivity index (χ0v) is 14.6. The van der Waals surface area contributed by atoms with E-state index in [1.165, 1.54) is 7.11 Å². The minimum atomic E-state index is -1.12. The molecule has 0 radical (unpaired) electrons. The smallest absolute Gasteiger partial charge is 0.326 e. The van der Waals surface area contributed by atoms with Crippen molar-refractivity contribution in [1.82, 2.24) is 10.3 Å². The van der Waals surface area contributed by atoms with Gasteiger partial charge in [-0.25, -0.2) is 9.78 Å². The number of carbonyl (C=O) groups is 2. The minimum Gasteiger partial charge on any atom is -0.480 e. The van der Waals surface area contributed by atoms with E-state index in [-0.39, 0.29) is 6.42 Å². The normalized spacial score (nSPS) is 13.1. The molecule has 0 saturated carbocycles. The lowest BCUT2D eigenvalue weighted by atomic mass is 10.1. The fourth-order valence-corrected chi connectivity index (χ4v) is 2.67. The predicted molar refractivity (Wildman–Crippen MR) is 91.4 cm³/mol. The summed E-state index contributed by atoms with van der Waals surface area (Å²) in [5.41, 5.74) is 1.35. The molecule has 126 valence electrons. The van der Waals surface area contributed by atoms with Crippen LogP contribution in [0, 0.1) is 0 Å². The van der Waals surface area contributed by atoms with Crippen molar-refractivity contribution in [2.45, 2.75) is 18.6 Å². The van der Waals surface area contributed by atoms with E-state index < -0.39 is 24.0 Å². The number of nitrogens with zero attached hydrogens (tertiary/aromatic N) is 1. The molecule has 0 spiro atoms. The number of carboxylic acid groups (broad SMARTS) is 1. The first kappa shape index (κ1) is 18.1. The van der Waals surface area contributed by atoms with Crippen LogP contribution in [0.1, 0.15) is 17.2 Å². The third kappa shape index (κ3) is 4.62. The third-order valence-corrected chi connectivity index (χ3v) is 4.17. The van der Waals surface area contributed by atoms with Gasteiger partial charge in [0.25, 0.3) is 5.91 Å². The van der Waals surface area contributed by atoms with Crippen molar-refractivity contribution in [3.8, 4) is 0 Å². The highest BCUT2D eigenvalue weighted by Crippen LogP contribution is 2.18. The monoisotopic (exact) mass is 392 g/mol. The van der Waals surface area contributed by atoms with Crippen LogP contribution >= 0.6 is 15.9 Å². The fourth-order valence-electron chi connectivity index (χ4n) is 2.26. The van der Waals surface area contributed by atoms with Crippen molar-refractivity contribution in [2.24, 2.45) is 0 Å². The van der Waals surface area contributed by atoms with E-state index in [1.807, 2.05) is 6.07 Å². The Kier molecular flexibility index (Phi) is 6.45. The molecule has 2 aromatic rings. The Bertz CT molecular complexity index is 709. The van der Waals surface area contributed by atoms with Crippen LogP contribution in [0.5, 0.6) is 0 Å². The molecule has 0 fully saturated rings. The maximum Gasteiger partial charge on any atom is 0.326 e. The van der Waals surface area contributed by atoms with E-state index in [9.17, 15) is 14.7 Å². The topological polar surface area (TPSA) is 88.5 Å². The Morgan fingerprint density at radius 3 is 2.54 bits per heavy atom. The Labute approximate surface area is 148 Å². The summed E-state index contributed by atoms with van der Waals surface area (Å²) < 4.78 is 5.78. The molecule has 1 aromatic heterocycles. The molecule has 1 aromatic carbocycles. The lowest BCUT2D eigenvalue weighted by molar-refractivity contribution is -0.144. The summed E-state index contributed by atoms with van der Waals surface area (Å²) in [5, 5.41) is 11.9. The van der Waals surface area contributed by atoms with Gasteiger partial charge < -0.3 is 15.2 Å². The van der Waals surface area contributed by atoms with Crippen LogP contribution in [-0.2, 0) is 20.7 Å². The maximum atomic E-state index is 12.4. The first-order valence-corrected chi connectivity index (χ1v) is 8.02. The first-order chi connectivity index (χ1) is 11.5. The van der Waals surface area contributed by atoms with E-state index in [2.05, 4.69) is 26.2 Å². The highest BCUT2D eigenvalue weighted by Gasteiger charge is 2.27. The van der Waals surface area contributed by atoms with E-state index >= 15 is 0 Å². The van der Waals surface area contributed by atoms with Crippen LogP contribution in [-0.4, -0.2) is 35.1 Å². The number of aliphatic carboxylic acids is 1. The van der Waals surface area contributed by atoms with Gasteiger partial charge in [-0.3, -0.25) is 4.79 Å². The second-order valence-electron chi connectivity index (χ2n) is 5.08. The number of aromatic nitrogens is 1. The van der Waals surface area contributed by atoms with E-state index in [0.717, 1.165) is 0 Å². The van der Waals surface area contributed by atoms with Crippen molar-refractivity contribution in [2.75, 3.05) is 7.11 Å². The van der Waals surface area contributed by atoms with Crippen LogP contribution in [0.3, 0.4) is 0 Å². The number of ether oxygens (including phenoxy) is 1. The second-order valence-corrected chi connectivity index (χ2v) is 5.83. The van der Waals surface area contributed by atoms with Gasteiger partial charge in [0.05, 0.1) is 0 Å². The SMILES string of the molecule is CO[C@@H](C(=O)N[C@@H](Cc1cccnc1Br)C(=O)O)c1ccccc1. The third-order valence-electron chi connectivity index (χ3n) is 3.45. The van der Waals surface area contributed by atoms with Crippen molar-refractivity contribution in [1.29, 1.82) is 0 Å². The fraction of sp³-hybridized carbons (Fsp3) is 0.235. The summed E-state index contributed by atoms with van der Waals surface area (Å²) in [6.45, 7) is 0. The number of carboxylic acids is 1. The number of hydrogen-bond acceptors (Lipinski definition) is 4. The van der Waals surface area contributed by atoms with E-state index in [1.54, 1.807) is 42.6 Å². The highest BCUT2D eigenvalue weighted by molar-refractivity contribution is 9.10. The number of amides is 1. The molecule has 7 heteroatoms. The van der Waals surface area contributed by atoms with Crippen molar-refractivity contribution in [3.05, 3.63) is 64.4 Å².